The molecule has 0 aliphatic heterocycles. The minimum absolute atomic E-state index is 0.0893. The van der Waals surface area contributed by atoms with Gasteiger partial charge in [0.15, 0.2) is 11.5 Å². The monoisotopic (exact) mass is 330 g/mol. The summed E-state index contributed by atoms with van der Waals surface area (Å²) in [6, 6.07) is 5.77. The zero-order chi connectivity index (χ0) is 17.2. The van der Waals surface area contributed by atoms with Crippen LogP contribution >= 0.6 is 0 Å². The summed E-state index contributed by atoms with van der Waals surface area (Å²) in [6.45, 7) is 4.32. The van der Waals surface area contributed by atoms with Gasteiger partial charge in [-0.3, -0.25) is 0 Å². The van der Waals surface area contributed by atoms with Gasteiger partial charge in [-0.25, -0.2) is 0 Å². The highest BCUT2D eigenvalue weighted by Crippen LogP contribution is 2.55. The van der Waals surface area contributed by atoms with Crippen molar-refractivity contribution in [2.75, 3.05) is 7.11 Å². The molecule has 0 spiro atoms. The van der Waals surface area contributed by atoms with Gasteiger partial charge in [0.1, 0.15) is 0 Å². The molecule has 0 aromatic heterocycles. The molecule has 0 amide bonds. The molecule has 2 bridgehead atoms. The van der Waals surface area contributed by atoms with Crippen LogP contribution in [0.1, 0.15) is 63.9 Å². The molecule has 3 aliphatic carbocycles. The van der Waals surface area contributed by atoms with Crippen molar-refractivity contribution in [1.82, 2.24) is 0 Å². The molecule has 1 N–H and O–H groups in total. The third kappa shape index (κ3) is 3.32. The van der Waals surface area contributed by atoms with Gasteiger partial charge in [0.25, 0.3) is 0 Å². The molecule has 1 aromatic carbocycles. The summed E-state index contributed by atoms with van der Waals surface area (Å²) in [5, 5.41) is 10.4. The van der Waals surface area contributed by atoms with E-state index >= 15 is 0 Å². The van der Waals surface area contributed by atoms with Gasteiger partial charge in [-0.15, -0.1) is 0 Å². The summed E-state index contributed by atoms with van der Waals surface area (Å²) >= 11 is 0. The maximum absolute atomic E-state index is 10.4. The first-order valence-corrected chi connectivity index (χ1v) is 9.25. The highest BCUT2D eigenvalue weighted by Gasteiger charge is 2.51. The van der Waals surface area contributed by atoms with Crippen LogP contribution in [0.5, 0.6) is 11.5 Å². The summed E-state index contributed by atoms with van der Waals surface area (Å²) in [7, 11) is 1.71. The molecule has 3 nitrogen and oxygen atoms in total. The number of hydrogen-bond acceptors (Lipinski definition) is 3. The van der Waals surface area contributed by atoms with E-state index in [1.165, 1.54) is 6.42 Å². The number of benzene rings is 1. The predicted molar refractivity (Wildman–Crippen MR) is 96.4 cm³/mol. The molecule has 1 fully saturated rings. The number of phenols is 1. The van der Waals surface area contributed by atoms with E-state index in [1.807, 2.05) is 12.1 Å². The van der Waals surface area contributed by atoms with Gasteiger partial charge in [0.05, 0.1) is 0 Å². The molecular weight excluding hydrogens is 300 g/mol. The predicted octanol–water partition coefficient (Wildman–Crippen LogP) is 5.39. The largest absolute Gasteiger partial charge is 0.504 e. The van der Waals surface area contributed by atoms with Crippen LogP contribution in [-0.2, 0) is 4.74 Å². The fourth-order valence-corrected chi connectivity index (χ4v) is 4.26. The molecule has 3 heteroatoms. The summed E-state index contributed by atoms with van der Waals surface area (Å²) in [4.78, 5) is 0. The number of aromatic hydroxyl groups is 1. The number of methoxy groups -OCH3 is 1. The summed E-state index contributed by atoms with van der Waals surface area (Å²) in [6.07, 6.45) is 11.0. The second-order valence-corrected chi connectivity index (χ2v) is 7.60. The molecule has 4 rings (SSSR count). The van der Waals surface area contributed by atoms with Gasteiger partial charge in [-0.05, 0) is 68.1 Å². The van der Waals surface area contributed by atoms with E-state index in [0.29, 0.717) is 11.7 Å². The molecule has 1 saturated carbocycles. The van der Waals surface area contributed by atoms with Crippen LogP contribution in [0.15, 0.2) is 30.4 Å². The van der Waals surface area contributed by atoms with Crippen molar-refractivity contribution in [3.8, 4) is 11.5 Å². The molecule has 132 valence electrons. The smallest absolute Gasteiger partial charge is 0.205 e. The van der Waals surface area contributed by atoms with Crippen molar-refractivity contribution in [3.63, 3.8) is 0 Å². The maximum atomic E-state index is 10.4. The van der Waals surface area contributed by atoms with Crippen molar-refractivity contribution in [2.45, 2.75) is 64.6 Å². The van der Waals surface area contributed by atoms with Crippen molar-refractivity contribution in [2.24, 2.45) is 11.3 Å². The Morgan fingerprint density at radius 1 is 1.29 bits per heavy atom. The van der Waals surface area contributed by atoms with E-state index in [9.17, 15) is 5.11 Å². The van der Waals surface area contributed by atoms with Crippen LogP contribution in [0.2, 0.25) is 0 Å². The highest BCUT2D eigenvalue weighted by molar-refractivity contribution is 5.43. The number of phenolic OH excluding ortho intramolecular Hbond substituents is 1. The van der Waals surface area contributed by atoms with Gasteiger partial charge in [0, 0.05) is 12.5 Å². The summed E-state index contributed by atoms with van der Waals surface area (Å²) in [5.41, 5.74) is 1.24. The van der Waals surface area contributed by atoms with Gasteiger partial charge < -0.3 is 14.6 Å². The summed E-state index contributed by atoms with van der Waals surface area (Å²) in [5.74, 6) is 1.94. The van der Waals surface area contributed by atoms with E-state index in [1.54, 1.807) is 7.11 Å². The van der Waals surface area contributed by atoms with E-state index in [4.69, 9.17) is 9.47 Å². The van der Waals surface area contributed by atoms with Gasteiger partial charge in [-0.2, -0.15) is 0 Å². The van der Waals surface area contributed by atoms with E-state index in [2.05, 4.69) is 32.1 Å². The Labute approximate surface area is 145 Å². The minimum atomic E-state index is -0.291. The lowest BCUT2D eigenvalue weighted by atomic mass is 9.57. The molecule has 0 heterocycles. The van der Waals surface area contributed by atoms with Gasteiger partial charge >= 0.3 is 0 Å². The van der Waals surface area contributed by atoms with Crippen molar-refractivity contribution < 1.29 is 14.6 Å². The molecular formula is C21H30O3. The second-order valence-electron chi connectivity index (χ2n) is 7.60. The molecule has 2 unspecified atom stereocenters. The van der Waals surface area contributed by atoms with E-state index in [0.717, 1.165) is 43.6 Å². The van der Waals surface area contributed by atoms with Crippen LogP contribution in [-0.4, -0.2) is 18.5 Å². The first-order valence-electron chi connectivity index (χ1n) is 9.25. The SMILES string of the molecule is CCC(C)c1ccc(OC(OC)C23CC/C=C/CC(C2)C3)c(O)c1. The highest BCUT2D eigenvalue weighted by atomic mass is 16.7. The zero-order valence-corrected chi connectivity index (χ0v) is 15.1. The normalized spacial score (nSPS) is 29.7. The average molecular weight is 330 g/mol. The van der Waals surface area contributed by atoms with Crippen LogP contribution in [0.4, 0.5) is 0 Å². The zero-order valence-electron chi connectivity index (χ0n) is 15.1. The minimum Gasteiger partial charge on any atom is -0.504 e. The lowest BCUT2D eigenvalue weighted by Crippen LogP contribution is -2.50. The molecule has 2 atom stereocenters. The van der Waals surface area contributed by atoms with Crippen molar-refractivity contribution >= 4 is 0 Å². The number of hydrogen-bond donors (Lipinski definition) is 1. The second kappa shape index (κ2) is 7.18. The first-order chi connectivity index (χ1) is 11.6. The fraction of sp³-hybridized carbons (Fsp3) is 0.619. The van der Waals surface area contributed by atoms with Crippen LogP contribution in [0.25, 0.3) is 0 Å². The Hall–Kier alpha value is -1.48. The summed E-state index contributed by atoms with van der Waals surface area (Å²) < 4.78 is 11.9. The lowest BCUT2D eigenvalue weighted by molar-refractivity contribution is -0.190. The molecule has 24 heavy (non-hydrogen) atoms. The van der Waals surface area contributed by atoms with Gasteiger partial charge in [0.2, 0.25) is 6.29 Å². The first kappa shape index (κ1) is 17.3. The quantitative estimate of drug-likeness (QED) is 0.561. The molecule has 1 aromatic rings. The number of ether oxygens (including phenoxy) is 2. The third-order valence-corrected chi connectivity index (χ3v) is 5.95. The number of allylic oxidation sites excluding steroid dienone is 2. The Balaban J connectivity index is 1.75. The topological polar surface area (TPSA) is 38.7 Å². The van der Waals surface area contributed by atoms with Crippen LogP contribution in [0.3, 0.4) is 0 Å². The third-order valence-electron chi connectivity index (χ3n) is 5.95. The van der Waals surface area contributed by atoms with Crippen molar-refractivity contribution in [3.05, 3.63) is 35.9 Å². The molecule has 0 saturated heterocycles. The Kier molecular flexibility index (Phi) is 5.19. The number of rotatable bonds is 6. The lowest BCUT2D eigenvalue weighted by Gasteiger charge is -2.51. The van der Waals surface area contributed by atoms with Crippen LogP contribution < -0.4 is 4.74 Å². The Morgan fingerprint density at radius 3 is 2.75 bits per heavy atom. The molecule has 0 radical (unpaired) electrons. The standard InChI is InChI=1S/C21H30O3/c1-4-15(2)17-9-10-19(18(22)12-17)24-20(23-3)21-11-7-5-6-8-16(13-21)14-21/h5-6,9-10,12,15-16,20,22H,4,7-8,11,13-14H2,1-3H3/b6-5+. The number of fused-ring (bicyclic) bond motifs is 3. The van der Waals surface area contributed by atoms with E-state index in [-0.39, 0.29) is 17.5 Å². The molecule has 3 aliphatic rings. The fourth-order valence-electron chi connectivity index (χ4n) is 4.26. The van der Waals surface area contributed by atoms with E-state index < -0.39 is 0 Å². The Bertz CT molecular complexity index is 587. The Morgan fingerprint density at radius 2 is 2.08 bits per heavy atom. The van der Waals surface area contributed by atoms with Crippen LogP contribution in [0, 0.1) is 11.3 Å². The maximum Gasteiger partial charge on any atom is 0.205 e. The van der Waals surface area contributed by atoms with Crippen molar-refractivity contribution in [1.29, 1.82) is 0 Å². The average Bonchev–Trinajstić information content (AvgIpc) is 2.52. The van der Waals surface area contributed by atoms with Gasteiger partial charge in [-0.1, -0.05) is 32.1 Å².